The quantitative estimate of drug-likeness (QED) is 0.365. The molecule has 1 aliphatic carbocycles. The summed E-state index contributed by atoms with van der Waals surface area (Å²) in [5.41, 5.74) is 2.06. The van der Waals surface area contributed by atoms with E-state index in [0.717, 1.165) is 43.6 Å². The Morgan fingerprint density at radius 3 is 2.12 bits per heavy atom. The van der Waals surface area contributed by atoms with Crippen LogP contribution in [0, 0.1) is 17.6 Å². The van der Waals surface area contributed by atoms with Gasteiger partial charge in [-0.15, -0.1) is 0 Å². The number of halogens is 2. The van der Waals surface area contributed by atoms with Crippen molar-refractivity contribution in [3.05, 3.63) is 107 Å². The van der Waals surface area contributed by atoms with E-state index < -0.39 is 5.41 Å². The molecule has 0 spiro atoms. The maximum Gasteiger partial charge on any atom is 0.231 e. The molecule has 1 amide bonds. The number of amides is 1. The first-order valence-electron chi connectivity index (χ1n) is 14.1. The van der Waals surface area contributed by atoms with Crippen molar-refractivity contribution in [2.45, 2.75) is 43.6 Å². The number of carbonyl (C=O) groups is 2. The molecular weight excluding hydrogens is 508 g/mol. The van der Waals surface area contributed by atoms with E-state index in [1.165, 1.54) is 29.8 Å². The Bertz CT molecular complexity index is 1310. The first-order chi connectivity index (χ1) is 19.3. The van der Waals surface area contributed by atoms with Crippen LogP contribution in [0.15, 0.2) is 78.9 Å². The first kappa shape index (κ1) is 28.1. The third kappa shape index (κ3) is 6.16. The summed E-state index contributed by atoms with van der Waals surface area (Å²) in [5.74, 6) is -0.398. The van der Waals surface area contributed by atoms with Gasteiger partial charge in [-0.3, -0.25) is 9.59 Å². The number of nitrogens with one attached hydrogen (secondary N) is 2. The Hall–Kier alpha value is -3.42. The molecule has 40 heavy (non-hydrogen) atoms. The summed E-state index contributed by atoms with van der Waals surface area (Å²) in [6, 6.07) is 23.0. The molecule has 0 radical (unpaired) electrons. The molecule has 210 valence electrons. The highest BCUT2D eigenvalue weighted by Crippen LogP contribution is 2.55. The second-order valence-corrected chi connectivity index (χ2v) is 11.3. The summed E-state index contributed by atoms with van der Waals surface area (Å²) >= 11 is 0. The Kier molecular flexibility index (Phi) is 8.43. The zero-order valence-electron chi connectivity index (χ0n) is 23.0. The lowest BCUT2D eigenvalue weighted by atomic mass is 9.80. The minimum absolute atomic E-state index is 0.0370. The van der Waals surface area contributed by atoms with E-state index >= 15 is 0 Å². The van der Waals surface area contributed by atoms with Gasteiger partial charge < -0.3 is 15.5 Å². The fourth-order valence-electron chi connectivity index (χ4n) is 6.24. The lowest BCUT2D eigenvalue weighted by Crippen LogP contribution is -2.52. The van der Waals surface area contributed by atoms with Crippen LogP contribution in [0.25, 0.3) is 0 Å². The molecule has 3 aromatic rings. The van der Waals surface area contributed by atoms with Gasteiger partial charge in [0.15, 0.2) is 0 Å². The van der Waals surface area contributed by atoms with Gasteiger partial charge in [0.05, 0.1) is 12.0 Å². The molecule has 5 nitrogen and oxygen atoms in total. The summed E-state index contributed by atoms with van der Waals surface area (Å²) in [4.78, 5) is 27.8. The normalized spacial score (nSPS) is 22.0. The number of piperidine rings is 1. The Labute approximate surface area is 235 Å². The van der Waals surface area contributed by atoms with Crippen LogP contribution in [-0.4, -0.2) is 49.3 Å². The van der Waals surface area contributed by atoms with Crippen LogP contribution in [0.2, 0.25) is 0 Å². The van der Waals surface area contributed by atoms with E-state index in [-0.39, 0.29) is 34.8 Å². The van der Waals surface area contributed by atoms with Crippen LogP contribution in [-0.2, 0) is 27.0 Å². The summed E-state index contributed by atoms with van der Waals surface area (Å²) in [7, 11) is 0. The molecule has 1 aliphatic heterocycles. The molecular formula is C33H37F2N3O2. The average Bonchev–Trinajstić information content (AvgIpc) is 3.69. The summed E-state index contributed by atoms with van der Waals surface area (Å²) in [6.07, 6.45) is 3.05. The number of Topliss-reactive ketones (excluding diaryl/α,β-unsaturated/α-hetero) is 1. The number of carbonyl (C=O) groups excluding carboxylic acids is 2. The van der Waals surface area contributed by atoms with E-state index in [1.807, 2.05) is 18.2 Å². The Morgan fingerprint density at radius 2 is 1.50 bits per heavy atom. The highest BCUT2D eigenvalue weighted by atomic mass is 19.1. The topological polar surface area (TPSA) is 61.4 Å². The molecule has 3 aromatic carbocycles. The summed E-state index contributed by atoms with van der Waals surface area (Å²) < 4.78 is 27.0. The van der Waals surface area contributed by atoms with Crippen LogP contribution in [0.5, 0.6) is 0 Å². The van der Waals surface area contributed by atoms with Crippen molar-refractivity contribution in [1.29, 1.82) is 0 Å². The average molecular weight is 546 g/mol. The molecule has 1 saturated heterocycles. The van der Waals surface area contributed by atoms with Crippen molar-refractivity contribution in [2.75, 3.05) is 32.7 Å². The Morgan fingerprint density at radius 1 is 0.875 bits per heavy atom. The monoisotopic (exact) mass is 545 g/mol. The number of ketones is 1. The van der Waals surface area contributed by atoms with Crippen LogP contribution in [0.1, 0.15) is 42.9 Å². The van der Waals surface area contributed by atoms with Gasteiger partial charge in [0, 0.05) is 31.7 Å². The number of hydrogen-bond donors (Lipinski definition) is 2. The van der Waals surface area contributed by atoms with Crippen molar-refractivity contribution in [3.63, 3.8) is 0 Å². The molecule has 0 bridgehead atoms. The molecule has 2 aliphatic rings. The van der Waals surface area contributed by atoms with E-state index in [4.69, 9.17) is 0 Å². The zero-order chi connectivity index (χ0) is 28.2. The third-order valence-corrected chi connectivity index (χ3v) is 8.67. The molecule has 2 unspecified atom stereocenters. The van der Waals surface area contributed by atoms with Gasteiger partial charge in [0.1, 0.15) is 17.4 Å². The molecule has 2 fully saturated rings. The van der Waals surface area contributed by atoms with E-state index in [0.29, 0.717) is 25.9 Å². The minimum atomic E-state index is -0.683. The van der Waals surface area contributed by atoms with Crippen molar-refractivity contribution >= 4 is 11.7 Å². The number of nitrogens with zero attached hydrogens (tertiary/aromatic N) is 1. The number of likely N-dealkylation sites (tertiary alicyclic amines) is 1. The fraction of sp³-hybridized carbons (Fsp3) is 0.394. The second kappa shape index (κ2) is 12.0. The van der Waals surface area contributed by atoms with Gasteiger partial charge in [-0.05, 0) is 79.5 Å². The van der Waals surface area contributed by atoms with E-state index in [1.54, 1.807) is 31.2 Å². The van der Waals surface area contributed by atoms with Gasteiger partial charge in [-0.2, -0.15) is 0 Å². The number of rotatable bonds is 11. The van der Waals surface area contributed by atoms with Crippen LogP contribution in [0.3, 0.4) is 0 Å². The van der Waals surface area contributed by atoms with E-state index in [9.17, 15) is 18.4 Å². The lowest BCUT2D eigenvalue weighted by Gasteiger charge is -2.43. The van der Waals surface area contributed by atoms with Crippen molar-refractivity contribution < 1.29 is 18.4 Å². The second-order valence-electron chi connectivity index (χ2n) is 11.3. The molecule has 0 aromatic heterocycles. The predicted molar refractivity (Wildman–Crippen MR) is 152 cm³/mol. The standard InChI is InChI=1S/C33H37F2N3O2/c1-24(39)22-37-32(26-5-3-2-4-6-26)16-19-38(20-17-32)23-28-21-33(28,27-9-13-30(35)14-10-27)31(40)36-18-15-25-7-11-29(34)12-8-25/h2-14,28,37H,15-23H2,1H3,(H,36,40). The lowest BCUT2D eigenvalue weighted by molar-refractivity contribution is -0.124. The Balaban J connectivity index is 1.25. The number of hydrogen-bond acceptors (Lipinski definition) is 4. The van der Waals surface area contributed by atoms with Crippen LogP contribution < -0.4 is 10.6 Å². The SMILES string of the molecule is CC(=O)CNC1(c2ccccc2)CCN(CC2CC2(C(=O)NCCc2ccc(F)cc2)c2ccc(F)cc2)CC1. The van der Waals surface area contributed by atoms with E-state index in [2.05, 4.69) is 27.7 Å². The maximum atomic E-state index is 13.7. The molecule has 5 rings (SSSR count). The highest BCUT2D eigenvalue weighted by molar-refractivity contribution is 5.92. The largest absolute Gasteiger partial charge is 0.355 e. The van der Waals surface area contributed by atoms with Gasteiger partial charge >= 0.3 is 0 Å². The molecule has 1 saturated carbocycles. The molecule has 2 N–H and O–H groups in total. The fourth-order valence-corrected chi connectivity index (χ4v) is 6.24. The summed E-state index contributed by atoms with van der Waals surface area (Å²) in [5, 5.41) is 6.65. The van der Waals surface area contributed by atoms with Crippen LogP contribution in [0.4, 0.5) is 8.78 Å². The van der Waals surface area contributed by atoms with Gasteiger partial charge in [0.2, 0.25) is 5.91 Å². The van der Waals surface area contributed by atoms with Crippen molar-refractivity contribution in [1.82, 2.24) is 15.5 Å². The van der Waals surface area contributed by atoms with Gasteiger partial charge in [-0.25, -0.2) is 8.78 Å². The van der Waals surface area contributed by atoms with Crippen molar-refractivity contribution in [2.24, 2.45) is 5.92 Å². The highest BCUT2D eigenvalue weighted by Gasteiger charge is 2.61. The molecule has 2 atom stereocenters. The maximum absolute atomic E-state index is 13.7. The third-order valence-electron chi connectivity index (χ3n) is 8.67. The first-order valence-corrected chi connectivity index (χ1v) is 14.1. The smallest absolute Gasteiger partial charge is 0.231 e. The predicted octanol–water partition coefficient (Wildman–Crippen LogP) is 4.75. The van der Waals surface area contributed by atoms with Gasteiger partial charge in [-0.1, -0.05) is 54.6 Å². The summed E-state index contributed by atoms with van der Waals surface area (Å²) in [6.45, 7) is 4.87. The molecule has 7 heteroatoms. The number of benzene rings is 3. The van der Waals surface area contributed by atoms with Crippen LogP contribution >= 0.6 is 0 Å². The molecule has 1 heterocycles. The van der Waals surface area contributed by atoms with Crippen molar-refractivity contribution in [3.8, 4) is 0 Å². The van der Waals surface area contributed by atoms with Gasteiger partial charge in [0.25, 0.3) is 0 Å². The minimum Gasteiger partial charge on any atom is -0.355 e. The zero-order valence-corrected chi connectivity index (χ0v) is 23.0.